The van der Waals surface area contributed by atoms with Gasteiger partial charge in [-0.15, -0.1) is 0 Å². The molecule has 0 spiro atoms. The van der Waals surface area contributed by atoms with Crippen molar-refractivity contribution in [2.45, 2.75) is 13.8 Å². The van der Waals surface area contributed by atoms with Gasteiger partial charge in [0.25, 0.3) is 0 Å². The first-order chi connectivity index (χ1) is 12.8. The second kappa shape index (κ2) is 7.48. The van der Waals surface area contributed by atoms with Crippen molar-refractivity contribution in [3.05, 3.63) is 47.5 Å². The average Bonchev–Trinajstić information content (AvgIpc) is 2.61. The number of fused-ring (bicyclic) bond motifs is 1. The predicted molar refractivity (Wildman–Crippen MR) is 104 cm³/mol. The zero-order valence-electron chi connectivity index (χ0n) is 15.5. The topological polar surface area (TPSA) is 84.9 Å². The summed E-state index contributed by atoms with van der Waals surface area (Å²) in [6, 6.07) is 10.5. The molecule has 1 aliphatic heterocycles. The third kappa shape index (κ3) is 4.33. The number of nitrogens with one attached hydrogen (secondary N) is 1. The summed E-state index contributed by atoms with van der Waals surface area (Å²) < 4.78 is 36.6. The molecule has 1 aliphatic rings. The van der Waals surface area contributed by atoms with E-state index in [0.29, 0.717) is 36.1 Å². The summed E-state index contributed by atoms with van der Waals surface area (Å²) in [5.74, 6) is 0.591. The highest BCUT2D eigenvalue weighted by Gasteiger charge is 2.23. The van der Waals surface area contributed by atoms with E-state index in [9.17, 15) is 13.2 Å². The summed E-state index contributed by atoms with van der Waals surface area (Å²) in [4.78, 5) is 12.6. The average molecular weight is 390 g/mol. The number of hydrogen-bond acceptors (Lipinski definition) is 5. The smallest absolute Gasteiger partial charge is 0.245 e. The Morgan fingerprint density at radius 3 is 2.33 bits per heavy atom. The van der Waals surface area contributed by atoms with E-state index in [2.05, 4.69) is 5.32 Å². The molecule has 27 heavy (non-hydrogen) atoms. The van der Waals surface area contributed by atoms with Crippen molar-refractivity contribution in [3.63, 3.8) is 0 Å². The van der Waals surface area contributed by atoms with Crippen molar-refractivity contribution in [1.82, 2.24) is 0 Å². The van der Waals surface area contributed by atoms with Crippen molar-refractivity contribution in [1.29, 1.82) is 0 Å². The van der Waals surface area contributed by atoms with Crippen LogP contribution >= 0.6 is 0 Å². The van der Waals surface area contributed by atoms with Crippen LogP contribution in [0.25, 0.3) is 0 Å². The Kier molecular flexibility index (Phi) is 5.27. The molecule has 3 rings (SSSR count). The van der Waals surface area contributed by atoms with E-state index >= 15 is 0 Å². The van der Waals surface area contributed by atoms with E-state index in [4.69, 9.17) is 9.47 Å². The number of amides is 1. The lowest BCUT2D eigenvalue weighted by molar-refractivity contribution is -0.114. The normalized spacial score (nSPS) is 13.1. The van der Waals surface area contributed by atoms with E-state index in [0.717, 1.165) is 21.7 Å². The Bertz CT molecular complexity index is 952. The maximum Gasteiger partial charge on any atom is 0.245 e. The molecule has 0 saturated carbocycles. The number of sulfonamides is 1. The van der Waals surface area contributed by atoms with Gasteiger partial charge in [-0.25, -0.2) is 8.42 Å². The van der Waals surface area contributed by atoms with Gasteiger partial charge in [0.05, 0.1) is 11.9 Å². The van der Waals surface area contributed by atoms with E-state index in [-0.39, 0.29) is 6.54 Å². The van der Waals surface area contributed by atoms with Gasteiger partial charge >= 0.3 is 0 Å². The summed E-state index contributed by atoms with van der Waals surface area (Å²) >= 11 is 0. The van der Waals surface area contributed by atoms with E-state index in [1.54, 1.807) is 18.2 Å². The molecule has 0 saturated heterocycles. The highest BCUT2D eigenvalue weighted by Crippen LogP contribution is 2.34. The van der Waals surface area contributed by atoms with Gasteiger partial charge < -0.3 is 14.8 Å². The molecule has 0 bridgehead atoms. The first-order valence-corrected chi connectivity index (χ1v) is 10.3. The highest BCUT2D eigenvalue weighted by molar-refractivity contribution is 7.92. The lowest BCUT2D eigenvalue weighted by Crippen LogP contribution is -2.37. The Balaban J connectivity index is 1.85. The van der Waals surface area contributed by atoms with Crippen LogP contribution in [0.2, 0.25) is 0 Å². The Labute approximate surface area is 158 Å². The molecule has 8 heteroatoms. The zero-order valence-corrected chi connectivity index (χ0v) is 16.3. The van der Waals surface area contributed by atoms with E-state index < -0.39 is 15.9 Å². The summed E-state index contributed by atoms with van der Waals surface area (Å²) in [5.41, 5.74) is 2.86. The lowest BCUT2D eigenvalue weighted by atomic mass is 10.1. The molecule has 2 aromatic carbocycles. The maximum absolute atomic E-state index is 12.6. The van der Waals surface area contributed by atoms with Crippen LogP contribution in [-0.4, -0.2) is 40.3 Å². The van der Waals surface area contributed by atoms with Crippen molar-refractivity contribution in [2.24, 2.45) is 0 Å². The Hall–Kier alpha value is -2.74. The number of hydrogen-bond donors (Lipinski definition) is 1. The molecule has 1 amide bonds. The lowest BCUT2D eigenvalue weighted by Gasteiger charge is -2.25. The van der Waals surface area contributed by atoms with Crippen LogP contribution in [-0.2, 0) is 14.8 Å². The van der Waals surface area contributed by atoms with Crippen LogP contribution in [0.15, 0.2) is 36.4 Å². The molecule has 144 valence electrons. The van der Waals surface area contributed by atoms with Gasteiger partial charge in [0.2, 0.25) is 15.9 Å². The fourth-order valence-electron chi connectivity index (χ4n) is 2.91. The van der Waals surface area contributed by atoms with Crippen LogP contribution in [0, 0.1) is 13.8 Å². The van der Waals surface area contributed by atoms with Gasteiger partial charge in [-0.05, 0) is 37.1 Å². The number of aryl methyl sites for hydroxylation is 2. The van der Waals surface area contributed by atoms with Crippen LogP contribution in [0.4, 0.5) is 11.4 Å². The second-order valence-corrected chi connectivity index (χ2v) is 8.32. The monoisotopic (exact) mass is 390 g/mol. The summed E-state index contributed by atoms with van der Waals surface area (Å²) in [6.07, 6.45) is 1.07. The van der Waals surface area contributed by atoms with Gasteiger partial charge in [-0.1, -0.05) is 18.2 Å². The quantitative estimate of drug-likeness (QED) is 0.848. The fraction of sp³-hybridized carbons (Fsp3) is 0.316. The van der Waals surface area contributed by atoms with Crippen LogP contribution in [0.5, 0.6) is 11.5 Å². The number of nitrogens with zero attached hydrogens (tertiary/aromatic N) is 1. The van der Waals surface area contributed by atoms with Crippen LogP contribution < -0.4 is 19.1 Å². The second-order valence-electron chi connectivity index (χ2n) is 6.41. The van der Waals surface area contributed by atoms with Crippen molar-refractivity contribution >= 4 is 27.3 Å². The minimum Gasteiger partial charge on any atom is -0.486 e. The zero-order chi connectivity index (χ0) is 19.6. The van der Waals surface area contributed by atoms with Crippen LogP contribution in [0.1, 0.15) is 11.1 Å². The molecule has 7 nitrogen and oxygen atoms in total. The molecule has 0 aromatic heterocycles. The van der Waals surface area contributed by atoms with Gasteiger partial charge in [-0.3, -0.25) is 9.10 Å². The van der Waals surface area contributed by atoms with Gasteiger partial charge in [-0.2, -0.15) is 0 Å². The molecule has 0 atom stereocenters. The summed E-state index contributed by atoms with van der Waals surface area (Å²) in [5, 5.41) is 2.81. The summed E-state index contributed by atoms with van der Waals surface area (Å²) in [7, 11) is -3.68. The largest absolute Gasteiger partial charge is 0.486 e. The van der Waals surface area contributed by atoms with E-state index in [1.165, 1.54) is 0 Å². The number of anilines is 2. The Morgan fingerprint density at radius 2 is 1.70 bits per heavy atom. The molecule has 1 N–H and O–H groups in total. The Morgan fingerprint density at radius 1 is 1.07 bits per heavy atom. The van der Waals surface area contributed by atoms with Crippen LogP contribution in [0.3, 0.4) is 0 Å². The van der Waals surface area contributed by atoms with Gasteiger partial charge in [0.15, 0.2) is 11.5 Å². The van der Waals surface area contributed by atoms with Crippen molar-refractivity contribution < 1.29 is 22.7 Å². The molecule has 0 unspecified atom stereocenters. The number of carbonyl (C=O) groups excluding carboxylic acids is 1. The molecule has 0 aliphatic carbocycles. The van der Waals surface area contributed by atoms with Gasteiger partial charge in [0.1, 0.15) is 19.8 Å². The standard InChI is InChI=1S/C19H22N2O5S/c1-13-5-4-6-14(2)19(13)20-18(22)12-21(27(3,23)24)15-7-8-16-17(11-15)26-10-9-25-16/h4-8,11H,9-10,12H2,1-3H3,(H,20,22). The van der Waals surface area contributed by atoms with E-state index in [1.807, 2.05) is 32.0 Å². The number of ether oxygens (including phenoxy) is 2. The fourth-order valence-corrected chi connectivity index (χ4v) is 3.76. The third-order valence-corrected chi connectivity index (χ3v) is 5.39. The predicted octanol–water partition coefficient (Wildman–Crippen LogP) is 2.48. The minimum atomic E-state index is -3.68. The molecule has 0 radical (unpaired) electrons. The first-order valence-electron chi connectivity index (χ1n) is 8.49. The summed E-state index contributed by atoms with van der Waals surface area (Å²) in [6.45, 7) is 4.27. The number of benzene rings is 2. The molecular weight excluding hydrogens is 368 g/mol. The SMILES string of the molecule is Cc1cccc(C)c1NC(=O)CN(c1ccc2c(c1)OCCO2)S(C)(=O)=O. The molecular formula is C19H22N2O5S. The number of rotatable bonds is 5. The number of carbonyl (C=O) groups is 1. The molecule has 0 fully saturated rings. The highest BCUT2D eigenvalue weighted by atomic mass is 32.2. The molecule has 2 aromatic rings. The maximum atomic E-state index is 12.6. The molecule has 1 heterocycles. The first kappa shape index (κ1) is 19.0. The minimum absolute atomic E-state index is 0.341. The van der Waals surface area contributed by atoms with Gasteiger partial charge in [0, 0.05) is 11.8 Å². The van der Waals surface area contributed by atoms with Crippen molar-refractivity contribution in [2.75, 3.05) is 35.6 Å². The van der Waals surface area contributed by atoms with Crippen molar-refractivity contribution in [3.8, 4) is 11.5 Å². The number of para-hydroxylation sites is 1. The third-order valence-electron chi connectivity index (χ3n) is 4.25.